The predicted octanol–water partition coefficient (Wildman–Crippen LogP) is -0.964. The summed E-state index contributed by atoms with van der Waals surface area (Å²) in [5.41, 5.74) is -1.18. The zero-order valence-corrected chi connectivity index (χ0v) is 9.72. The molecule has 0 aliphatic carbocycles. The zero-order chi connectivity index (χ0) is 12.7. The van der Waals surface area contributed by atoms with Gasteiger partial charge in [-0.25, -0.2) is 4.98 Å². The summed E-state index contributed by atoms with van der Waals surface area (Å²) in [5, 5.41) is 33.2. The predicted molar refractivity (Wildman–Crippen MR) is 63.8 cm³/mol. The van der Waals surface area contributed by atoms with Crippen molar-refractivity contribution < 1.29 is 15.3 Å². The van der Waals surface area contributed by atoms with Crippen molar-refractivity contribution in [3.05, 3.63) is 12.3 Å². The summed E-state index contributed by atoms with van der Waals surface area (Å²) in [5.74, 6) is 0.869. The molecule has 0 saturated carbocycles. The van der Waals surface area contributed by atoms with Crippen molar-refractivity contribution in [2.45, 2.75) is 12.5 Å². The van der Waals surface area contributed by atoms with Gasteiger partial charge in [-0.15, -0.1) is 0 Å². The van der Waals surface area contributed by atoms with Crippen LogP contribution in [-0.4, -0.2) is 57.2 Å². The van der Waals surface area contributed by atoms with Gasteiger partial charge in [-0.1, -0.05) is 0 Å². The van der Waals surface area contributed by atoms with Gasteiger partial charge in [0, 0.05) is 12.7 Å². The largest absolute Gasteiger partial charge is 0.394 e. The second-order valence-electron chi connectivity index (χ2n) is 3.68. The van der Waals surface area contributed by atoms with Crippen LogP contribution in [0.25, 0.3) is 0 Å². The van der Waals surface area contributed by atoms with E-state index in [0.717, 1.165) is 0 Å². The summed E-state index contributed by atoms with van der Waals surface area (Å²) in [4.78, 5) is 8.11. The lowest BCUT2D eigenvalue weighted by Crippen LogP contribution is -2.49. The van der Waals surface area contributed by atoms with Gasteiger partial charge in [-0.2, -0.15) is 4.98 Å². The Labute approximate surface area is 99.5 Å². The second kappa shape index (κ2) is 6.33. The molecule has 1 aromatic heterocycles. The highest BCUT2D eigenvalue weighted by molar-refractivity contribution is 5.42. The molecule has 7 heteroatoms. The molecule has 0 saturated heterocycles. The molecule has 1 aromatic rings. The van der Waals surface area contributed by atoms with Gasteiger partial charge in [0.1, 0.15) is 11.4 Å². The van der Waals surface area contributed by atoms with Crippen LogP contribution < -0.4 is 10.6 Å². The number of aromatic nitrogens is 2. The van der Waals surface area contributed by atoms with Crippen molar-refractivity contribution >= 4 is 11.8 Å². The minimum Gasteiger partial charge on any atom is -0.394 e. The Morgan fingerprint density at radius 1 is 1.24 bits per heavy atom. The Hall–Kier alpha value is -1.44. The van der Waals surface area contributed by atoms with Gasteiger partial charge >= 0.3 is 0 Å². The maximum Gasteiger partial charge on any atom is 0.224 e. The molecule has 0 bridgehead atoms. The van der Waals surface area contributed by atoms with E-state index in [9.17, 15) is 0 Å². The molecule has 0 aliphatic heterocycles. The Bertz CT molecular complexity index is 336. The van der Waals surface area contributed by atoms with Crippen LogP contribution in [0.2, 0.25) is 0 Å². The zero-order valence-electron chi connectivity index (χ0n) is 9.72. The molecule has 0 unspecified atom stereocenters. The summed E-state index contributed by atoms with van der Waals surface area (Å²) < 4.78 is 0. The Morgan fingerprint density at radius 2 is 1.88 bits per heavy atom. The van der Waals surface area contributed by atoms with Gasteiger partial charge < -0.3 is 26.0 Å². The van der Waals surface area contributed by atoms with E-state index in [1.807, 2.05) is 6.92 Å². The Balaban J connectivity index is 2.82. The fourth-order valence-electron chi connectivity index (χ4n) is 1.21. The topological polar surface area (TPSA) is 111 Å². The highest BCUT2D eigenvalue weighted by Crippen LogP contribution is 2.13. The minimum absolute atomic E-state index is 0.402. The van der Waals surface area contributed by atoms with Crippen molar-refractivity contribution in [2.24, 2.45) is 0 Å². The molecule has 96 valence electrons. The van der Waals surface area contributed by atoms with Gasteiger partial charge in [0.25, 0.3) is 0 Å². The SMILES string of the molecule is CCNc1nccc(NC(CO)(CO)CO)n1. The minimum atomic E-state index is -1.18. The standard InChI is InChI=1S/C10H18N4O3/c1-2-11-9-12-4-3-8(13-9)14-10(5-15,6-16)7-17/h3-4,15-17H,2,5-7H2,1H3,(H2,11,12,13,14). The average molecular weight is 242 g/mol. The van der Waals surface area contributed by atoms with E-state index in [4.69, 9.17) is 15.3 Å². The number of rotatable bonds is 7. The smallest absolute Gasteiger partial charge is 0.224 e. The van der Waals surface area contributed by atoms with Crippen molar-refractivity contribution in [1.29, 1.82) is 0 Å². The Kier molecular flexibility index (Phi) is 5.08. The average Bonchev–Trinajstić information content (AvgIpc) is 2.37. The first-order valence-electron chi connectivity index (χ1n) is 5.37. The summed E-state index contributed by atoms with van der Waals surface area (Å²) in [6.45, 7) is 1.40. The van der Waals surface area contributed by atoms with Crippen molar-refractivity contribution in [3.8, 4) is 0 Å². The van der Waals surface area contributed by atoms with Gasteiger partial charge in [0.15, 0.2) is 0 Å². The van der Waals surface area contributed by atoms with Crippen LogP contribution >= 0.6 is 0 Å². The molecule has 0 aliphatic rings. The quantitative estimate of drug-likeness (QED) is 0.418. The van der Waals surface area contributed by atoms with E-state index in [-0.39, 0.29) is 0 Å². The van der Waals surface area contributed by atoms with E-state index in [1.165, 1.54) is 0 Å². The van der Waals surface area contributed by atoms with Gasteiger partial charge in [-0.3, -0.25) is 0 Å². The monoisotopic (exact) mass is 242 g/mol. The second-order valence-corrected chi connectivity index (χ2v) is 3.68. The fraction of sp³-hybridized carbons (Fsp3) is 0.600. The first-order chi connectivity index (χ1) is 8.19. The van der Waals surface area contributed by atoms with Gasteiger partial charge in [0.05, 0.1) is 19.8 Å². The number of hydrogen-bond acceptors (Lipinski definition) is 7. The highest BCUT2D eigenvalue weighted by Gasteiger charge is 2.28. The van der Waals surface area contributed by atoms with Crippen LogP contribution in [0.15, 0.2) is 12.3 Å². The van der Waals surface area contributed by atoms with Crippen LogP contribution in [-0.2, 0) is 0 Å². The van der Waals surface area contributed by atoms with E-state index in [1.54, 1.807) is 12.3 Å². The van der Waals surface area contributed by atoms with Crippen LogP contribution in [0.3, 0.4) is 0 Å². The maximum atomic E-state index is 9.17. The van der Waals surface area contributed by atoms with Gasteiger partial charge in [-0.05, 0) is 13.0 Å². The van der Waals surface area contributed by atoms with Crippen molar-refractivity contribution in [3.63, 3.8) is 0 Å². The number of aliphatic hydroxyl groups is 3. The molecular weight excluding hydrogens is 224 g/mol. The van der Waals surface area contributed by atoms with Crippen LogP contribution in [0, 0.1) is 0 Å². The first-order valence-corrected chi connectivity index (χ1v) is 5.37. The fourth-order valence-corrected chi connectivity index (χ4v) is 1.21. The van der Waals surface area contributed by atoms with E-state index < -0.39 is 25.4 Å². The number of anilines is 2. The normalized spacial score (nSPS) is 11.3. The van der Waals surface area contributed by atoms with E-state index in [0.29, 0.717) is 18.3 Å². The molecule has 0 amide bonds. The van der Waals surface area contributed by atoms with Gasteiger partial charge in [0.2, 0.25) is 5.95 Å². The first kappa shape index (κ1) is 13.6. The van der Waals surface area contributed by atoms with E-state index >= 15 is 0 Å². The molecule has 5 N–H and O–H groups in total. The Morgan fingerprint density at radius 3 is 2.41 bits per heavy atom. The lowest BCUT2D eigenvalue weighted by molar-refractivity contribution is 0.0831. The van der Waals surface area contributed by atoms with Crippen molar-refractivity contribution in [1.82, 2.24) is 9.97 Å². The molecule has 0 fully saturated rings. The number of aliphatic hydroxyl groups excluding tert-OH is 3. The summed E-state index contributed by atoms with van der Waals surface area (Å²) in [7, 11) is 0. The molecule has 0 aromatic carbocycles. The molecule has 1 rings (SSSR count). The number of nitrogens with one attached hydrogen (secondary N) is 2. The van der Waals surface area contributed by atoms with Crippen LogP contribution in [0.1, 0.15) is 6.92 Å². The third kappa shape index (κ3) is 3.52. The van der Waals surface area contributed by atoms with Crippen molar-refractivity contribution in [2.75, 3.05) is 37.0 Å². The summed E-state index contributed by atoms with van der Waals surface area (Å²) in [6, 6.07) is 1.59. The molecule has 1 heterocycles. The van der Waals surface area contributed by atoms with E-state index in [2.05, 4.69) is 20.6 Å². The third-order valence-electron chi connectivity index (χ3n) is 2.29. The lowest BCUT2D eigenvalue weighted by atomic mass is 10.0. The van der Waals surface area contributed by atoms with Crippen LogP contribution in [0.4, 0.5) is 11.8 Å². The number of nitrogens with zero attached hydrogens (tertiary/aromatic N) is 2. The molecular formula is C10H18N4O3. The lowest BCUT2D eigenvalue weighted by Gasteiger charge is -2.29. The number of hydrogen-bond donors (Lipinski definition) is 5. The molecule has 7 nitrogen and oxygen atoms in total. The highest BCUT2D eigenvalue weighted by atomic mass is 16.3. The third-order valence-corrected chi connectivity index (χ3v) is 2.29. The molecule has 0 atom stereocenters. The molecule has 17 heavy (non-hydrogen) atoms. The summed E-state index contributed by atoms with van der Waals surface area (Å²) >= 11 is 0. The molecule has 0 spiro atoms. The maximum absolute atomic E-state index is 9.17. The summed E-state index contributed by atoms with van der Waals surface area (Å²) in [6.07, 6.45) is 1.55. The molecule has 0 radical (unpaired) electrons. The van der Waals surface area contributed by atoms with Crippen LogP contribution in [0.5, 0.6) is 0 Å².